The number of hydrogen-bond acceptors (Lipinski definition) is 2. The second-order valence-electron chi connectivity index (χ2n) is 28.4. The first-order valence-corrected chi connectivity index (χ1v) is 36.5. The summed E-state index contributed by atoms with van der Waals surface area (Å²) >= 11 is 0. The normalized spacial score (nSPS) is 11.1. The molecule has 10 aromatic carbocycles. The largest absolute Gasteiger partial charge is 2.00 e. The maximum absolute atomic E-state index is 10.1. The van der Waals surface area contributed by atoms with Crippen molar-refractivity contribution in [3.8, 4) is 0 Å². The Labute approximate surface area is 649 Å². The molecule has 0 spiro atoms. The molecular weight excluding hydrogens is 1270 g/mol. The number of aryl methyl sites for hydroxylation is 2. The number of benzene rings is 10. The van der Waals surface area contributed by atoms with Crippen LogP contribution in [0.5, 0.6) is 0 Å². The molecular formula is C94H118Mg2N4O2+2. The minimum atomic E-state index is -0.110. The molecule has 8 heteroatoms. The smallest absolute Gasteiger partial charge is 0.851 e. The molecule has 10 rings (SSSR count). The van der Waals surface area contributed by atoms with Gasteiger partial charge in [0.15, 0.2) is 0 Å². The third kappa shape index (κ3) is 30.9. The Hall–Kier alpha value is -7.41. The number of hydrogen-bond donors (Lipinski definition) is 2. The Balaban J connectivity index is 0.000000370. The third-order valence-corrected chi connectivity index (χ3v) is 17.3. The van der Waals surface area contributed by atoms with Gasteiger partial charge in [0, 0.05) is 22.3 Å². The zero-order valence-electron chi connectivity index (χ0n) is 65.2. The summed E-state index contributed by atoms with van der Waals surface area (Å²) < 4.78 is 0. The molecule has 528 valence electrons. The average molecular weight is 1380 g/mol. The van der Waals surface area contributed by atoms with Crippen LogP contribution < -0.4 is 20.2 Å². The average Bonchev–Trinajstić information content (AvgIpc) is 0.834. The van der Waals surface area contributed by atoms with E-state index in [1.807, 2.05) is 97.1 Å². The first kappa shape index (κ1) is 88.8. The first-order valence-electron chi connectivity index (χ1n) is 36.5. The van der Waals surface area contributed by atoms with Crippen molar-refractivity contribution in [2.24, 2.45) is 0 Å². The molecule has 0 saturated carbocycles. The van der Waals surface area contributed by atoms with Crippen LogP contribution in [0.2, 0.25) is 0 Å². The van der Waals surface area contributed by atoms with Gasteiger partial charge in [-0.3, -0.25) is 0 Å². The monoisotopic (exact) mass is 1380 g/mol. The molecule has 10 aromatic rings. The van der Waals surface area contributed by atoms with Crippen LogP contribution in [-0.4, -0.2) is 70.6 Å². The van der Waals surface area contributed by atoms with Crippen LogP contribution in [0.25, 0.3) is 10.6 Å². The van der Waals surface area contributed by atoms with Crippen molar-refractivity contribution >= 4 is 80.3 Å². The van der Waals surface area contributed by atoms with E-state index in [1.54, 1.807) is 0 Å². The van der Waals surface area contributed by atoms with Crippen molar-refractivity contribution in [2.45, 2.75) is 198 Å². The minimum Gasteiger partial charge on any atom is -0.851 e. The molecule has 0 amide bonds. The second kappa shape index (κ2) is 48.5. The summed E-state index contributed by atoms with van der Waals surface area (Å²) in [4.78, 5) is 7.84. The van der Waals surface area contributed by atoms with E-state index in [4.69, 9.17) is 10.6 Å². The van der Waals surface area contributed by atoms with E-state index in [2.05, 4.69) is 292 Å². The number of para-hydroxylation sites is 4. The van der Waals surface area contributed by atoms with Gasteiger partial charge < -0.3 is 20.8 Å². The van der Waals surface area contributed by atoms with Gasteiger partial charge in [-0.25, -0.2) is 9.98 Å². The molecule has 0 aliphatic rings. The van der Waals surface area contributed by atoms with Crippen LogP contribution in [0.4, 0.5) is 22.7 Å². The van der Waals surface area contributed by atoms with Crippen LogP contribution in [0.1, 0.15) is 236 Å². The summed E-state index contributed by atoms with van der Waals surface area (Å²) in [5, 5.41) is 30.8. The summed E-state index contributed by atoms with van der Waals surface area (Å²) in [7, 11) is 0. The van der Waals surface area contributed by atoms with Crippen molar-refractivity contribution in [3.05, 3.63) is 343 Å². The van der Waals surface area contributed by atoms with Crippen molar-refractivity contribution < 1.29 is 20.2 Å². The second-order valence-corrected chi connectivity index (χ2v) is 28.4. The van der Waals surface area contributed by atoms with Crippen molar-refractivity contribution in [1.82, 2.24) is 0 Å². The van der Waals surface area contributed by atoms with Gasteiger partial charge in [-0.2, -0.15) is 0 Å². The predicted molar refractivity (Wildman–Crippen MR) is 440 cm³/mol. The van der Waals surface area contributed by atoms with Gasteiger partial charge >= 0.3 is 46.1 Å². The summed E-state index contributed by atoms with van der Waals surface area (Å²) in [6.45, 7) is 41.6. The van der Waals surface area contributed by atoms with E-state index in [0.29, 0.717) is 60.4 Å². The Morgan fingerprint density at radius 3 is 0.637 bits per heavy atom. The third-order valence-electron chi connectivity index (χ3n) is 17.3. The number of nitrogens with one attached hydrogen (secondary N) is 2. The van der Waals surface area contributed by atoms with E-state index in [-0.39, 0.29) is 59.3 Å². The van der Waals surface area contributed by atoms with Gasteiger partial charge in [0.25, 0.3) is 0 Å². The fourth-order valence-corrected chi connectivity index (χ4v) is 11.7. The number of rotatable bonds is 22. The van der Waals surface area contributed by atoms with Crippen LogP contribution >= 0.6 is 0 Å². The van der Waals surface area contributed by atoms with Gasteiger partial charge in [-0.05, 0) is 85.4 Å². The van der Waals surface area contributed by atoms with Crippen molar-refractivity contribution in [1.29, 1.82) is 0 Å². The Morgan fingerprint density at radius 1 is 0.265 bits per heavy atom. The summed E-state index contributed by atoms with van der Waals surface area (Å²) in [5.41, 5.74) is 25.1. The summed E-state index contributed by atoms with van der Waals surface area (Å²) in [6, 6.07) is 87.4. The molecule has 0 atom stereocenters. The maximum atomic E-state index is 10.1. The van der Waals surface area contributed by atoms with Crippen LogP contribution in [0.3, 0.4) is 0 Å². The molecule has 0 aromatic heterocycles. The molecule has 6 nitrogen and oxygen atoms in total. The fourth-order valence-electron chi connectivity index (χ4n) is 11.7. The Kier molecular flexibility index (Phi) is 42.2. The SMILES string of the molecule is CC(C)c1cccc(C(C)C)c1[N-]CC(Cc1ccccc1)=[NH+]c1c(C(C)C)cccc1C(C)C.CC(C)c1cccc(C(C)C)c1[N-]CC(Cc1ccccc1)=[NH+]c1c(C(C)C)cccc1C(C)C.Cc1ccccc1.Cc1ccccc1.[Mg+2].[Mg+2].[O-]Cc1ccccc1.[O-]Cc1ccccc1. The molecule has 0 bridgehead atoms. The summed E-state index contributed by atoms with van der Waals surface area (Å²) in [5.74, 6) is 3.53. The van der Waals surface area contributed by atoms with E-state index in [1.165, 1.54) is 101 Å². The molecule has 2 N–H and O–H groups in total. The minimum absolute atomic E-state index is 0. The zero-order valence-corrected chi connectivity index (χ0v) is 68.1. The quantitative estimate of drug-likeness (QED) is 0.0522. The zero-order chi connectivity index (χ0) is 72.9. The van der Waals surface area contributed by atoms with E-state index >= 15 is 0 Å². The molecule has 0 aliphatic carbocycles. The molecule has 0 aliphatic heterocycles. The first-order chi connectivity index (χ1) is 48.0. The van der Waals surface area contributed by atoms with Crippen LogP contribution in [0, 0.1) is 13.8 Å². The van der Waals surface area contributed by atoms with Crippen LogP contribution in [0.15, 0.2) is 255 Å². The van der Waals surface area contributed by atoms with Crippen molar-refractivity contribution in [2.75, 3.05) is 13.1 Å². The molecule has 0 heterocycles. The van der Waals surface area contributed by atoms with Crippen molar-refractivity contribution in [3.63, 3.8) is 0 Å². The molecule has 0 saturated heterocycles. The van der Waals surface area contributed by atoms with Crippen LogP contribution in [-0.2, 0) is 26.1 Å². The van der Waals surface area contributed by atoms with E-state index in [9.17, 15) is 10.2 Å². The van der Waals surface area contributed by atoms with Gasteiger partial charge in [0.05, 0.1) is 12.8 Å². The Bertz CT molecular complexity index is 3580. The maximum Gasteiger partial charge on any atom is 2.00 e. The van der Waals surface area contributed by atoms with Gasteiger partial charge in [0.2, 0.25) is 11.4 Å². The molecule has 0 radical (unpaired) electrons. The van der Waals surface area contributed by atoms with Gasteiger partial charge in [0.1, 0.15) is 11.4 Å². The van der Waals surface area contributed by atoms with Gasteiger partial charge in [-0.15, -0.1) is 24.6 Å². The summed E-state index contributed by atoms with van der Waals surface area (Å²) in [6.07, 6.45) is 1.71. The van der Waals surface area contributed by atoms with Gasteiger partial charge in [-0.1, -0.05) is 410 Å². The Morgan fingerprint density at radius 2 is 0.461 bits per heavy atom. The molecule has 0 fully saturated rings. The molecule has 0 unspecified atom stereocenters. The standard InChI is InChI=1S/2C33H43N2.2C7H7O.2C7H8.2Mg/c2*1-22(2)28-16-12-17-29(23(3)4)32(28)34-21-27(20-26-14-10-9-11-15-26)35-33-30(24(5)6)18-13-19-31(33)25(7)8;2*8-6-7-4-2-1-3-5-7;2*1-7-5-3-2-4-6-7;;/h2*9-19,22-25H,20-21H2,1-8H3;2*1-5H,6H2;2*2-6H,1H3;;/q4*-1;;;2*+2/p+2. The topological polar surface area (TPSA) is 102 Å². The van der Waals surface area contributed by atoms with E-state index in [0.717, 1.165) is 24.0 Å². The fraction of sp³-hybridized carbons (Fsp3) is 0.340. The number of nitrogens with zero attached hydrogens (tertiary/aromatic N) is 2. The van der Waals surface area contributed by atoms with E-state index < -0.39 is 0 Å². The predicted octanol–water partition coefficient (Wildman–Crippen LogP) is 20.9. The molecule has 102 heavy (non-hydrogen) atoms.